The number of ether oxygens (including phenoxy) is 1. The number of carbonyl (C=O) groups is 2. The largest absolute Gasteiger partial charge is 0.508 e. The molecular weight excluding hydrogens is 442 g/mol. The number of phenolic OH excluding ortho intramolecular Hbond substituents is 1. The molecule has 1 aromatic heterocycles. The lowest BCUT2D eigenvalue weighted by Crippen LogP contribution is -2.07. The highest BCUT2D eigenvalue weighted by atomic mass is 35.5. The molecule has 0 aliphatic heterocycles. The van der Waals surface area contributed by atoms with Crippen LogP contribution in [0.25, 0.3) is 17.0 Å². The van der Waals surface area contributed by atoms with Crippen LogP contribution in [0, 0.1) is 6.92 Å². The molecule has 0 bridgehead atoms. The summed E-state index contributed by atoms with van der Waals surface area (Å²) in [5, 5.41) is 19.7. The Morgan fingerprint density at radius 2 is 1.76 bits per heavy atom. The van der Waals surface area contributed by atoms with Gasteiger partial charge in [-0.15, -0.1) is 0 Å². The van der Waals surface area contributed by atoms with Crippen LogP contribution in [0.4, 0.5) is 0 Å². The number of halogens is 1. The number of hydrogen-bond acceptors (Lipinski definition) is 5. The van der Waals surface area contributed by atoms with E-state index in [4.69, 9.17) is 21.4 Å². The lowest BCUT2D eigenvalue weighted by atomic mass is 9.98. The second-order valence-electron chi connectivity index (χ2n) is 7.33. The second kappa shape index (κ2) is 9.14. The highest BCUT2D eigenvalue weighted by Crippen LogP contribution is 2.36. The van der Waals surface area contributed by atoms with Crippen LogP contribution in [0.3, 0.4) is 0 Å². The molecule has 33 heavy (non-hydrogen) atoms. The molecule has 0 aliphatic rings. The maximum Gasteiger partial charge on any atom is 0.328 e. The Kier molecular flexibility index (Phi) is 6.11. The van der Waals surface area contributed by atoms with E-state index in [2.05, 4.69) is 4.98 Å². The van der Waals surface area contributed by atoms with Crippen LogP contribution in [0.1, 0.15) is 27.0 Å². The standard InChI is InChI=1S/C26H18ClNO5/c1-15-12-17(27)5-9-20(15)25(32)22-14-28-23-13-18(29)6-10-21(23)26(22)33-19-7-2-16(3-8-19)4-11-24(30)31/h2-14,29H,1H3,(H,30,31)/b11-4+. The van der Waals surface area contributed by atoms with Crippen molar-refractivity contribution in [3.63, 3.8) is 0 Å². The molecule has 6 nitrogen and oxygen atoms in total. The van der Waals surface area contributed by atoms with Crippen molar-refractivity contribution in [2.45, 2.75) is 6.92 Å². The summed E-state index contributed by atoms with van der Waals surface area (Å²) in [6, 6.07) is 16.4. The minimum atomic E-state index is -1.04. The van der Waals surface area contributed by atoms with Gasteiger partial charge in [-0.05, 0) is 66.6 Å². The summed E-state index contributed by atoms with van der Waals surface area (Å²) in [5.74, 6) is -0.522. The fourth-order valence-corrected chi connectivity index (χ4v) is 3.61. The van der Waals surface area contributed by atoms with Crippen molar-refractivity contribution in [1.29, 1.82) is 0 Å². The van der Waals surface area contributed by atoms with Gasteiger partial charge in [0.1, 0.15) is 17.2 Å². The van der Waals surface area contributed by atoms with Crippen LogP contribution in [-0.4, -0.2) is 26.9 Å². The number of aromatic hydroxyl groups is 1. The van der Waals surface area contributed by atoms with Gasteiger partial charge in [0.25, 0.3) is 0 Å². The van der Waals surface area contributed by atoms with Gasteiger partial charge in [-0.25, -0.2) is 4.79 Å². The average molecular weight is 460 g/mol. The zero-order valence-electron chi connectivity index (χ0n) is 17.4. The molecule has 0 saturated heterocycles. The number of nitrogens with zero attached hydrogens (tertiary/aromatic N) is 1. The molecule has 0 saturated carbocycles. The van der Waals surface area contributed by atoms with Gasteiger partial charge in [0.15, 0.2) is 5.78 Å². The topological polar surface area (TPSA) is 96.7 Å². The number of rotatable bonds is 6. The monoisotopic (exact) mass is 459 g/mol. The molecule has 2 N–H and O–H groups in total. The first-order valence-electron chi connectivity index (χ1n) is 9.93. The number of fused-ring (bicyclic) bond motifs is 1. The minimum Gasteiger partial charge on any atom is -0.508 e. The zero-order chi connectivity index (χ0) is 23.5. The molecule has 4 rings (SSSR count). The number of benzene rings is 3. The Labute approximate surface area is 194 Å². The Hall–Kier alpha value is -4.16. The van der Waals surface area contributed by atoms with Crippen molar-refractivity contribution in [2.24, 2.45) is 0 Å². The summed E-state index contributed by atoms with van der Waals surface area (Å²) in [6.45, 7) is 1.80. The third-order valence-electron chi connectivity index (χ3n) is 5.00. The van der Waals surface area contributed by atoms with E-state index in [0.717, 1.165) is 11.6 Å². The fraction of sp³-hybridized carbons (Fsp3) is 0.0385. The molecule has 0 amide bonds. The first kappa shape index (κ1) is 22.0. The third-order valence-corrected chi connectivity index (χ3v) is 5.23. The smallest absolute Gasteiger partial charge is 0.328 e. The molecule has 3 aromatic carbocycles. The summed E-state index contributed by atoms with van der Waals surface area (Å²) in [5.41, 5.74) is 2.60. The molecule has 0 spiro atoms. The second-order valence-corrected chi connectivity index (χ2v) is 7.77. The molecule has 4 aromatic rings. The fourth-order valence-electron chi connectivity index (χ4n) is 3.39. The first-order valence-corrected chi connectivity index (χ1v) is 10.3. The van der Waals surface area contributed by atoms with E-state index < -0.39 is 5.97 Å². The number of aromatic nitrogens is 1. The van der Waals surface area contributed by atoms with Gasteiger partial charge in [0, 0.05) is 34.3 Å². The Bertz CT molecular complexity index is 1410. The highest BCUT2D eigenvalue weighted by Gasteiger charge is 2.21. The number of carbonyl (C=O) groups excluding carboxylic acids is 1. The number of ketones is 1. The summed E-state index contributed by atoms with van der Waals surface area (Å²) < 4.78 is 6.14. The molecule has 7 heteroatoms. The Morgan fingerprint density at radius 1 is 1.00 bits per heavy atom. The Morgan fingerprint density at radius 3 is 2.45 bits per heavy atom. The SMILES string of the molecule is Cc1cc(Cl)ccc1C(=O)c1cnc2cc(O)ccc2c1Oc1ccc(/C=C/C(=O)O)cc1. The van der Waals surface area contributed by atoms with Crippen molar-refractivity contribution in [3.8, 4) is 17.2 Å². The normalized spacial score (nSPS) is 11.1. The van der Waals surface area contributed by atoms with E-state index in [-0.39, 0.29) is 17.1 Å². The average Bonchev–Trinajstić information content (AvgIpc) is 2.78. The number of phenols is 1. The van der Waals surface area contributed by atoms with Crippen molar-refractivity contribution in [3.05, 3.63) is 100 Å². The van der Waals surface area contributed by atoms with Crippen molar-refractivity contribution in [2.75, 3.05) is 0 Å². The molecule has 0 unspecified atom stereocenters. The van der Waals surface area contributed by atoms with E-state index >= 15 is 0 Å². The van der Waals surface area contributed by atoms with Crippen LogP contribution in [0.2, 0.25) is 5.02 Å². The summed E-state index contributed by atoms with van der Waals surface area (Å²) in [4.78, 5) is 28.5. The quantitative estimate of drug-likeness (QED) is 0.270. The highest BCUT2D eigenvalue weighted by molar-refractivity contribution is 6.30. The van der Waals surface area contributed by atoms with Crippen molar-refractivity contribution >= 4 is 40.3 Å². The summed E-state index contributed by atoms with van der Waals surface area (Å²) in [6.07, 6.45) is 3.94. The van der Waals surface area contributed by atoms with Gasteiger partial charge in [-0.2, -0.15) is 0 Å². The van der Waals surface area contributed by atoms with E-state index in [1.807, 2.05) is 0 Å². The van der Waals surface area contributed by atoms with Gasteiger partial charge in [0.2, 0.25) is 0 Å². The van der Waals surface area contributed by atoms with Gasteiger partial charge in [0.05, 0.1) is 11.1 Å². The molecule has 164 valence electrons. The number of carboxylic acid groups (broad SMARTS) is 1. The van der Waals surface area contributed by atoms with Crippen molar-refractivity contribution in [1.82, 2.24) is 4.98 Å². The van der Waals surface area contributed by atoms with Crippen LogP contribution in [0.5, 0.6) is 17.2 Å². The maximum absolute atomic E-state index is 13.4. The van der Waals surface area contributed by atoms with Gasteiger partial charge < -0.3 is 14.9 Å². The van der Waals surface area contributed by atoms with Gasteiger partial charge in [-0.3, -0.25) is 9.78 Å². The molecule has 0 atom stereocenters. The van der Waals surface area contributed by atoms with E-state index in [9.17, 15) is 14.7 Å². The minimum absolute atomic E-state index is 0.0446. The number of hydrogen-bond donors (Lipinski definition) is 2. The maximum atomic E-state index is 13.4. The van der Waals surface area contributed by atoms with Gasteiger partial charge in [-0.1, -0.05) is 23.7 Å². The van der Waals surface area contributed by atoms with Crippen LogP contribution in [-0.2, 0) is 4.79 Å². The Balaban J connectivity index is 1.79. The number of aliphatic carboxylic acids is 1. The van der Waals surface area contributed by atoms with E-state index in [0.29, 0.717) is 38.6 Å². The van der Waals surface area contributed by atoms with Crippen LogP contribution in [0.15, 0.2) is 72.9 Å². The lowest BCUT2D eigenvalue weighted by Gasteiger charge is -2.14. The molecule has 0 fully saturated rings. The molecule has 1 heterocycles. The van der Waals surface area contributed by atoms with E-state index in [1.54, 1.807) is 55.5 Å². The zero-order valence-corrected chi connectivity index (χ0v) is 18.2. The van der Waals surface area contributed by atoms with E-state index in [1.165, 1.54) is 24.4 Å². The third kappa shape index (κ3) is 4.86. The number of pyridine rings is 1. The lowest BCUT2D eigenvalue weighted by molar-refractivity contribution is -0.131. The van der Waals surface area contributed by atoms with Gasteiger partial charge >= 0.3 is 5.97 Å². The van der Waals surface area contributed by atoms with Crippen molar-refractivity contribution < 1.29 is 24.5 Å². The van der Waals surface area contributed by atoms with Crippen LogP contribution >= 0.6 is 11.6 Å². The number of aryl methyl sites for hydroxylation is 1. The predicted octanol–water partition coefficient (Wildman–Crippen LogP) is 6.02. The molecule has 0 radical (unpaired) electrons. The first-order chi connectivity index (χ1) is 15.8. The number of carboxylic acids is 1. The summed E-state index contributed by atoms with van der Waals surface area (Å²) in [7, 11) is 0. The molecule has 0 aliphatic carbocycles. The predicted molar refractivity (Wildman–Crippen MR) is 126 cm³/mol. The molecular formula is C26H18ClNO5. The summed E-state index contributed by atoms with van der Waals surface area (Å²) >= 11 is 6.04. The van der Waals surface area contributed by atoms with Crippen LogP contribution < -0.4 is 4.74 Å².